The first-order valence-corrected chi connectivity index (χ1v) is 26.8. The minimum absolute atomic E-state index is 0.00502. The Kier molecular flexibility index (Phi) is 24.7. The van der Waals surface area contributed by atoms with Crippen molar-refractivity contribution in [3.8, 4) is 0 Å². The minimum Gasteiger partial charge on any atom is -0.444 e. The van der Waals surface area contributed by atoms with Gasteiger partial charge in [-0.1, -0.05) is 116 Å². The molecule has 4 aliphatic heterocycles. The van der Waals surface area contributed by atoms with Crippen molar-refractivity contribution >= 4 is 18.0 Å². The fourth-order valence-corrected chi connectivity index (χ4v) is 9.79. The van der Waals surface area contributed by atoms with Crippen LogP contribution in [0.5, 0.6) is 0 Å². The molecule has 12 heteroatoms. The van der Waals surface area contributed by atoms with Gasteiger partial charge in [-0.25, -0.2) is 9.59 Å². The topological polar surface area (TPSA) is 142 Å². The van der Waals surface area contributed by atoms with Crippen LogP contribution >= 0.6 is 0 Å². The number of alkyl carbamates (subject to hydrolysis) is 2. The maximum absolute atomic E-state index is 12.2. The predicted octanol–water partition coefficient (Wildman–Crippen LogP) is 11.0. The fourth-order valence-electron chi connectivity index (χ4n) is 9.79. The zero-order valence-electron chi connectivity index (χ0n) is 45.5. The van der Waals surface area contributed by atoms with Crippen molar-refractivity contribution in [2.45, 2.75) is 173 Å². The largest absolute Gasteiger partial charge is 0.444 e. The summed E-state index contributed by atoms with van der Waals surface area (Å²) in [4.78, 5) is 42.4. The molecule has 0 aromatic heterocycles. The van der Waals surface area contributed by atoms with Crippen LogP contribution in [0.3, 0.4) is 0 Å². The maximum atomic E-state index is 12.2. The van der Waals surface area contributed by atoms with E-state index in [1.807, 2.05) is 65.8 Å². The molecule has 0 unspecified atom stereocenters. The molecule has 0 saturated carbocycles. The van der Waals surface area contributed by atoms with Gasteiger partial charge in [0.05, 0.1) is 0 Å². The lowest BCUT2D eigenvalue weighted by Crippen LogP contribution is -2.55. The number of carbonyl (C=O) groups is 3. The Hall–Kier alpha value is -4.85. The van der Waals surface area contributed by atoms with E-state index < -0.39 is 11.2 Å². The Morgan fingerprint density at radius 1 is 0.597 bits per heavy atom. The molecule has 0 aliphatic carbocycles. The number of carbonyl (C=O) groups excluding carboxylic acids is 3. The monoisotopic (exact) mass is 992 g/mol. The normalized spacial score (nSPS) is 19.0. The van der Waals surface area contributed by atoms with Gasteiger partial charge in [0.2, 0.25) is 0 Å². The lowest BCUT2D eigenvalue weighted by atomic mass is 9.84. The molecule has 0 radical (unpaired) electrons. The van der Waals surface area contributed by atoms with E-state index in [1.54, 1.807) is 0 Å². The second kappa shape index (κ2) is 29.7. The second-order valence-electron chi connectivity index (χ2n) is 22.5. The van der Waals surface area contributed by atoms with E-state index in [9.17, 15) is 14.4 Å². The molecule has 4 fully saturated rings. The first-order valence-electron chi connectivity index (χ1n) is 26.8. The van der Waals surface area contributed by atoms with Crippen LogP contribution in [0.15, 0.2) is 116 Å². The van der Waals surface area contributed by atoms with Crippen LogP contribution in [0.2, 0.25) is 0 Å². The zero-order chi connectivity index (χ0) is 52.5. The van der Waals surface area contributed by atoms with Crippen LogP contribution in [-0.2, 0) is 33.9 Å². The summed E-state index contributed by atoms with van der Waals surface area (Å²) in [6.45, 7) is 32.0. The number of nitrogens with one attached hydrogen (secondary N) is 3. The fraction of sp³-hybridized carbons (Fsp3) is 0.583. The van der Waals surface area contributed by atoms with E-state index in [1.165, 1.54) is 16.7 Å². The van der Waals surface area contributed by atoms with Gasteiger partial charge in [0.15, 0.2) is 0 Å². The summed E-state index contributed by atoms with van der Waals surface area (Å²) < 4.78 is 10.8. The van der Waals surface area contributed by atoms with E-state index in [-0.39, 0.29) is 28.8 Å². The lowest BCUT2D eigenvalue weighted by molar-refractivity contribution is -0.121. The molecule has 4 aliphatic rings. The summed E-state index contributed by atoms with van der Waals surface area (Å²) in [5.74, 6) is 0.411. The highest BCUT2D eigenvalue weighted by atomic mass is 16.6. The Morgan fingerprint density at radius 2 is 0.972 bits per heavy atom. The molecule has 5 N–H and O–H groups in total. The Labute approximate surface area is 434 Å². The number of piperidine rings is 4. The number of hydrogen-bond acceptors (Lipinski definition) is 10. The molecule has 4 heterocycles. The maximum Gasteiger partial charge on any atom is 0.408 e. The van der Waals surface area contributed by atoms with Crippen molar-refractivity contribution in [1.29, 1.82) is 0 Å². The summed E-state index contributed by atoms with van der Waals surface area (Å²) in [5, 5.41) is 9.53. The summed E-state index contributed by atoms with van der Waals surface area (Å²) in [6, 6.07) is 31.6. The number of Topliss-reactive ketones (excluding diaryl/α,β-unsaturated/α-hetero) is 1. The third kappa shape index (κ3) is 23.4. The van der Waals surface area contributed by atoms with Crippen LogP contribution in [0.25, 0.3) is 0 Å². The number of benzene rings is 3. The lowest BCUT2D eigenvalue weighted by Gasteiger charge is -2.42. The highest BCUT2D eigenvalue weighted by Gasteiger charge is 2.37. The molecular weight excluding hydrogens is 899 g/mol. The van der Waals surface area contributed by atoms with Crippen molar-refractivity contribution in [2.24, 2.45) is 5.73 Å². The smallest absolute Gasteiger partial charge is 0.408 e. The third-order valence-electron chi connectivity index (χ3n) is 13.7. The molecular formula is C60H93N7O5. The molecule has 0 atom stereocenters. The number of amides is 2. The van der Waals surface area contributed by atoms with E-state index in [2.05, 4.69) is 130 Å². The number of hydrogen-bond donors (Lipinski definition) is 4. The Morgan fingerprint density at radius 3 is 1.35 bits per heavy atom. The quantitative estimate of drug-likeness (QED) is 0.115. The van der Waals surface area contributed by atoms with Crippen molar-refractivity contribution in [3.63, 3.8) is 0 Å². The molecule has 72 heavy (non-hydrogen) atoms. The average Bonchev–Trinajstić information content (AvgIpc) is 3.32. The van der Waals surface area contributed by atoms with Gasteiger partial charge in [-0.2, -0.15) is 0 Å². The minimum atomic E-state index is -0.479. The number of ketones is 1. The van der Waals surface area contributed by atoms with Gasteiger partial charge >= 0.3 is 12.2 Å². The average molecular weight is 992 g/mol. The molecule has 0 spiro atoms. The van der Waals surface area contributed by atoms with Crippen LogP contribution in [0, 0.1) is 0 Å². The zero-order valence-corrected chi connectivity index (χ0v) is 45.5. The van der Waals surface area contributed by atoms with Gasteiger partial charge in [0, 0.05) is 88.4 Å². The molecule has 3 aromatic carbocycles. The molecule has 4 saturated heterocycles. The Bertz CT molecular complexity index is 2020. The van der Waals surface area contributed by atoms with Crippen molar-refractivity contribution < 1.29 is 23.9 Å². The molecule has 3 aromatic rings. The number of nitrogens with two attached hydrogens (primary N) is 1. The first kappa shape index (κ1) is 59.7. The first-order chi connectivity index (χ1) is 34.2. The highest BCUT2D eigenvalue weighted by molar-refractivity contribution is 5.79. The standard InChI is InChI=1S/C20H30N2O2.C15H22N2.C13H26N2O2.C12H15NO/c1-5-11-20(21-18(23)24-19(2,3)4)12-14-22(15-13-20)16-17-9-7-6-8-10-17;1-2-8-15(16)9-11-17(12-10-15)13-14-6-4-3-5-7-14;1-5-6-13(7-9-14-10-8-13)15-11(16)17-12(2,3)4;14-12-6-8-13(9-7-12)10-11-4-2-1-3-5-11/h5-10H,1,11-16H2,2-4H3,(H,21,23);2-7H,1,8-13,16H2;14H,5-10H2,1-4H3,(H,15,16);1-5H,6-10H2. The summed E-state index contributed by atoms with van der Waals surface area (Å²) >= 11 is 0. The van der Waals surface area contributed by atoms with Gasteiger partial charge in [-0.15, -0.1) is 13.2 Å². The molecule has 398 valence electrons. The number of rotatable bonds is 14. The number of nitrogens with zero attached hydrogens (tertiary/aromatic N) is 3. The van der Waals surface area contributed by atoms with E-state index in [0.717, 1.165) is 149 Å². The van der Waals surface area contributed by atoms with Gasteiger partial charge in [-0.05, 0) is 129 Å². The van der Waals surface area contributed by atoms with Crippen LogP contribution in [-0.4, -0.2) is 113 Å². The molecule has 2 amide bonds. The predicted molar refractivity (Wildman–Crippen MR) is 296 cm³/mol. The van der Waals surface area contributed by atoms with Crippen molar-refractivity contribution in [3.05, 3.63) is 133 Å². The molecule has 0 bridgehead atoms. The van der Waals surface area contributed by atoms with Gasteiger partial charge in [0.1, 0.15) is 17.0 Å². The van der Waals surface area contributed by atoms with Gasteiger partial charge in [-0.3, -0.25) is 19.5 Å². The van der Waals surface area contributed by atoms with E-state index in [0.29, 0.717) is 5.78 Å². The summed E-state index contributed by atoms with van der Waals surface area (Å²) in [7, 11) is 0. The van der Waals surface area contributed by atoms with Crippen LogP contribution < -0.4 is 21.7 Å². The van der Waals surface area contributed by atoms with Gasteiger partial charge < -0.3 is 31.2 Å². The van der Waals surface area contributed by atoms with Gasteiger partial charge in [0.25, 0.3) is 0 Å². The molecule has 7 rings (SSSR count). The summed E-state index contributed by atoms with van der Waals surface area (Å²) in [6.07, 6.45) is 14.4. The third-order valence-corrected chi connectivity index (χ3v) is 13.7. The highest BCUT2D eigenvalue weighted by Crippen LogP contribution is 2.29. The van der Waals surface area contributed by atoms with Crippen molar-refractivity contribution in [1.82, 2.24) is 30.7 Å². The second-order valence-corrected chi connectivity index (χ2v) is 22.5. The van der Waals surface area contributed by atoms with Crippen molar-refractivity contribution in [2.75, 3.05) is 52.4 Å². The van der Waals surface area contributed by atoms with Crippen LogP contribution in [0.1, 0.15) is 142 Å². The number of ether oxygens (including phenoxy) is 2. The van der Waals surface area contributed by atoms with E-state index in [4.69, 9.17) is 15.2 Å². The van der Waals surface area contributed by atoms with Crippen LogP contribution in [0.4, 0.5) is 9.59 Å². The summed E-state index contributed by atoms with van der Waals surface area (Å²) in [5.41, 5.74) is 9.16. The number of likely N-dealkylation sites (tertiary alicyclic amines) is 3. The van der Waals surface area contributed by atoms with E-state index >= 15 is 0 Å². The SMILES string of the molecule is C=CCC1(N)CCN(Cc2ccccc2)CC1.C=CCC1(NC(=O)OC(C)(C)C)CCN(Cc2ccccc2)CC1.CCCC1(NC(=O)OC(C)(C)C)CCNCC1.O=C1CCN(Cc2ccccc2)CC1. The Balaban J connectivity index is 0.000000212. The molecule has 12 nitrogen and oxygen atoms in total.